The number of fused-ring (bicyclic) bond motifs is 1. The molecule has 0 radical (unpaired) electrons. The predicted octanol–water partition coefficient (Wildman–Crippen LogP) is 2.37. The number of rotatable bonds is 4. The van der Waals surface area contributed by atoms with Gasteiger partial charge in [0.15, 0.2) is 17.6 Å². The van der Waals surface area contributed by atoms with E-state index in [1.54, 1.807) is 12.1 Å². The Bertz CT molecular complexity index is 794. The molecule has 0 aliphatic carbocycles. The fourth-order valence-corrected chi connectivity index (χ4v) is 2.75. The maximum Gasteiger partial charge on any atom is 0.343 e. The van der Waals surface area contributed by atoms with E-state index in [0.717, 1.165) is 0 Å². The van der Waals surface area contributed by atoms with Crippen molar-refractivity contribution in [3.05, 3.63) is 53.1 Å². The fraction of sp³-hybridized carbons (Fsp3) is 0.222. The molecule has 0 saturated heterocycles. The summed E-state index contributed by atoms with van der Waals surface area (Å²) in [7, 11) is 2.93. The van der Waals surface area contributed by atoms with Crippen molar-refractivity contribution in [3.63, 3.8) is 0 Å². The molecule has 0 fully saturated rings. The number of carbonyl (C=O) groups is 2. The standard InChI is InChI=1S/C18H16O6/c1-22-13-8-5-11-9-14(24-18(21)15(11)17(13)23-2)16(20)10-3-6-12(19)7-4-10/h3-8,14,19H,9H2,1-2H3. The highest BCUT2D eigenvalue weighted by Crippen LogP contribution is 2.37. The minimum atomic E-state index is -0.910. The Morgan fingerprint density at radius 3 is 2.46 bits per heavy atom. The van der Waals surface area contributed by atoms with E-state index < -0.39 is 12.1 Å². The van der Waals surface area contributed by atoms with E-state index in [1.165, 1.54) is 38.5 Å². The first-order chi connectivity index (χ1) is 11.5. The largest absolute Gasteiger partial charge is 0.508 e. The van der Waals surface area contributed by atoms with Gasteiger partial charge in [0.1, 0.15) is 11.3 Å². The van der Waals surface area contributed by atoms with E-state index in [4.69, 9.17) is 14.2 Å². The average Bonchev–Trinajstić information content (AvgIpc) is 2.60. The molecule has 124 valence electrons. The zero-order valence-corrected chi connectivity index (χ0v) is 13.2. The minimum absolute atomic E-state index is 0.0642. The second-order valence-electron chi connectivity index (χ2n) is 5.34. The Balaban J connectivity index is 1.94. The number of cyclic esters (lactones) is 1. The first kappa shape index (κ1) is 15.9. The number of methoxy groups -OCH3 is 2. The van der Waals surface area contributed by atoms with E-state index in [0.29, 0.717) is 22.6 Å². The van der Waals surface area contributed by atoms with Crippen molar-refractivity contribution in [2.75, 3.05) is 14.2 Å². The van der Waals surface area contributed by atoms with Gasteiger partial charge in [-0.25, -0.2) is 4.79 Å². The lowest BCUT2D eigenvalue weighted by Crippen LogP contribution is -2.34. The fourth-order valence-electron chi connectivity index (χ4n) is 2.75. The Hall–Kier alpha value is -3.02. The van der Waals surface area contributed by atoms with Crippen LogP contribution in [0.25, 0.3) is 0 Å². The van der Waals surface area contributed by atoms with Gasteiger partial charge < -0.3 is 19.3 Å². The molecule has 1 atom stereocenters. The SMILES string of the molecule is COc1ccc2c(c1OC)C(=O)OC(C(=O)c1ccc(O)cc1)C2. The van der Waals surface area contributed by atoms with Crippen molar-refractivity contribution in [2.24, 2.45) is 0 Å². The molecule has 1 N–H and O–H groups in total. The molecule has 3 rings (SSSR count). The maximum atomic E-state index is 12.5. The summed E-state index contributed by atoms with van der Waals surface area (Å²) in [5.74, 6) is -0.144. The Morgan fingerprint density at radius 2 is 1.83 bits per heavy atom. The number of ketones is 1. The van der Waals surface area contributed by atoms with Crippen LogP contribution in [-0.4, -0.2) is 37.2 Å². The number of hydrogen-bond donors (Lipinski definition) is 1. The Morgan fingerprint density at radius 1 is 1.12 bits per heavy atom. The predicted molar refractivity (Wildman–Crippen MR) is 84.9 cm³/mol. The van der Waals surface area contributed by atoms with E-state index >= 15 is 0 Å². The molecule has 24 heavy (non-hydrogen) atoms. The average molecular weight is 328 g/mol. The summed E-state index contributed by atoms with van der Waals surface area (Å²) in [6, 6.07) is 9.25. The number of benzene rings is 2. The monoisotopic (exact) mass is 328 g/mol. The summed E-state index contributed by atoms with van der Waals surface area (Å²) in [4.78, 5) is 24.9. The van der Waals surface area contributed by atoms with Crippen LogP contribution >= 0.6 is 0 Å². The molecule has 1 unspecified atom stereocenters. The second kappa shape index (κ2) is 6.23. The van der Waals surface area contributed by atoms with Gasteiger partial charge in [-0.1, -0.05) is 6.07 Å². The van der Waals surface area contributed by atoms with Gasteiger partial charge in [0.2, 0.25) is 5.78 Å². The topological polar surface area (TPSA) is 82.1 Å². The van der Waals surface area contributed by atoms with Gasteiger partial charge in [-0.2, -0.15) is 0 Å². The van der Waals surface area contributed by atoms with Gasteiger partial charge in [0, 0.05) is 12.0 Å². The number of carbonyl (C=O) groups excluding carboxylic acids is 2. The summed E-state index contributed by atoms with van der Waals surface area (Å²) in [5.41, 5.74) is 1.32. The molecule has 6 heteroatoms. The maximum absolute atomic E-state index is 12.5. The van der Waals surface area contributed by atoms with Crippen molar-refractivity contribution in [1.29, 1.82) is 0 Å². The second-order valence-corrected chi connectivity index (χ2v) is 5.34. The molecular formula is C18H16O6. The van der Waals surface area contributed by atoms with Crippen LogP contribution in [0.4, 0.5) is 0 Å². The first-order valence-corrected chi connectivity index (χ1v) is 7.33. The molecule has 0 saturated carbocycles. The molecule has 0 spiro atoms. The van der Waals surface area contributed by atoms with Crippen molar-refractivity contribution < 1.29 is 28.9 Å². The third kappa shape index (κ3) is 2.67. The van der Waals surface area contributed by atoms with Crippen molar-refractivity contribution in [3.8, 4) is 17.2 Å². The van der Waals surface area contributed by atoms with Crippen LogP contribution in [0.3, 0.4) is 0 Å². The molecular weight excluding hydrogens is 312 g/mol. The minimum Gasteiger partial charge on any atom is -0.508 e. The number of Topliss-reactive ketones (excluding diaryl/α,β-unsaturated/α-hetero) is 1. The van der Waals surface area contributed by atoms with Crippen LogP contribution in [0.2, 0.25) is 0 Å². The molecule has 1 aliphatic heterocycles. The quantitative estimate of drug-likeness (QED) is 0.685. The number of aromatic hydroxyl groups is 1. The van der Waals surface area contributed by atoms with Crippen LogP contribution in [0.1, 0.15) is 26.3 Å². The van der Waals surface area contributed by atoms with Crippen LogP contribution in [0.5, 0.6) is 17.2 Å². The molecule has 0 bridgehead atoms. The van der Waals surface area contributed by atoms with Gasteiger partial charge in [-0.05, 0) is 35.9 Å². The van der Waals surface area contributed by atoms with E-state index in [9.17, 15) is 14.7 Å². The van der Waals surface area contributed by atoms with Gasteiger partial charge in [-0.3, -0.25) is 4.79 Å². The van der Waals surface area contributed by atoms with Crippen LogP contribution in [0, 0.1) is 0 Å². The van der Waals surface area contributed by atoms with Crippen LogP contribution < -0.4 is 9.47 Å². The van der Waals surface area contributed by atoms with E-state index in [2.05, 4.69) is 0 Å². The van der Waals surface area contributed by atoms with Gasteiger partial charge in [0.25, 0.3) is 0 Å². The zero-order chi connectivity index (χ0) is 17.3. The van der Waals surface area contributed by atoms with E-state index in [-0.39, 0.29) is 23.5 Å². The highest BCUT2D eigenvalue weighted by molar-refractivity contribution is 6.04. The molecule has 2 aromatic rings. The molecule has 1 aliphatic rings. The third-order valence-corrected chi connectivity index (χ3v) is 3.93. The normalized spacial score (nSPS) is 16.1. The molecule has 6 nitrogen and oxygen atoms in total. The van der Waals surface area contributed by atoms with Gasteiger partial charge in [-0.15, -0.1) is 0 Å². The van der Waals surface area contributed by atoms with Crippen molar-refractivity contribution in [2.45, 2.75) is 12.5 Å². The number of esters is 1. The lowest BCUT2D eigenvalue weighted by atomic mass is 9.93. The van der Waals surface area contributed by atoms with Gasteiger partial charge >= 0.3 is 5.97 Å². The molecule has 0 aromatic heterocycles. The molecule has 1 heterocycles. The number of hydrogen-bond acceptors (Lipinski definition) is 6. The summed E-state index contributed by atoms with van der Waals surface area (Å²) >= 11 is 0. The number of phenols is 1. The third-order valence-electron chi connectivity index (χ3n) is 3.93. The van der Waals surface area contributed by atoms with Crippen LogP contribution in [0.15, 0.2) is 36.4 Å². The lowest BCUT2D eigenvalue weighted by Gasteiger charge is -2.25. The number of ether oxygens (including phenoxy) is 3. The summed E-state index contributed by atoms with van der Waals surface area (Å²) in [6.07, 6.45) is -0.658. The van der Waals surface area contributed by atoms with Gasteiger partial charge in [0.05, 0.1) is 14.2 Å². The smallest absolute Gasteiger partial charge is 0.343 e. The number of phenolic OH excluding ortho intramolecular Hbond substituents is 1. The molecule has 2 aromatic carbocycles. The summed E-state index contributed by atoms with van der Waals surface area (Å²) in [5, 5.41) is 9.31. The Kier molecular flexibility index (Phi) is 4.12. The first-order valence-electron chi connectivity index (χ1n) is 7.33. The highest BCUT2D eigenvalue weighted by Gasteiger charge is 2.35. The molecule has 0 amide bonds. The van der Waals surface area contributed by atoms with Crippen LogP contribution in [-0.2, 0) is 11.2 Å². The lowest BCUT2D eigenvalue weighted by molar-refractivity contribution is 0.0243. The highest BCUT2D eigenvalue weighted by atomic mass is 16.6. The Labute approximate surface area is 138 Å². The summed E-state index contributed by atoms with van der Waals surface area (Å²) in [6.45, 7) is 0. The zero-order valence-electron chi connectivity index (χ0n) is 13.2. The summed E-state index contributed by atoms with van der Waals surface area (Å²) < 4.78 is 15.8. The van der Waals surface area contributed by atoms with Crippen molar-refractivity contribution >= 4 is 11.8 Å². The van der Waals surface area contributed by atoms with Crippen molar-refractivity contribution in [1.82, 2.24) is 0 Å². The van der Waals surface area contributed by atoms with E-state index in [1.807, 2.05) is 0 Å².